The summed E-state index contributed by atoms with van der Waals surface area (Å²) in [6.07, 6.45) is 11.4. The van der Waals surface area contributed by atoms with Crippen molar-refractivity contribution < 1.29 is 5.11 Å². The van der Waals surface area contributed by atoms with Gasteiger partial charge in [-0.25, -0.2) is 0 Å². The minimum absolute atomic E-state index is 0.179. The van der Waals surface area contributed by atoms with Crippen LogP contribution in [0.4, 0.5) is 0 Å². The Morgan fingerprint density at radius 3 is 2.45 bits per heavy atom. The molecule has 1 nitrogen and oxygen atoms in total. The van der Waals surface area contributed by atoms with Gasteiger partial charge in [-0.15, -0.1) is 11.3 Å². The number of aliphatic hydroxyl groups excluding tert-OH is 1. The smallest absolute Gasteiger partial charge is 0.0490 e. The summed E-state index contributed by atoms with van der Waals surface area (Å²) < 4.78 is 0. The fraction of sp³-hybridized carbons (Fsp3) is 0.778. The Hall–Kier alpha value is -0.340. The highest BCUT2D eigenvalue weighted by Crippen LogP contribution is 2.43. The van der Waals surface area contributed by atoms with Gasteiger partial charge in [-0.3, -0.25) is 0 Å². The molecule has 0 aliphatic heterocycles. The Balaban J connectivity index is 1.91. The summed E-state index contributed by atoms with van der Waals surface area (Å²) in [5, 5.41) is 9.93. The van der Waals surface area contributed by atoms with Crippen molar-refractivity contribution in [2.24, 2.45) is 11.3 Å². The molecule has 0 aromatic carbocycles. The first-order valence-electron chi connectivity index (χ1n) is 8.40. The Morgan fingerprint density at radius 1 is 1.20 bits per heavy atom. The second kappa shape index (κ2) is 7.61. The van der Waals surface area contributed by atoms with Crippen LogP contribution in [0, 0.1) is 11.3 Å². The van der Waals surface area contributed by atoms with E-state index in [2.05, 4.69) is 26.0 Å². The third-order valence-electron chi connectivity index (χ3n) is 5.08. The van der Waals surface area contributed by atoms with Gasteiger partial charge in [0.05, 0.1) is 0 Å². The van der Waals surface area contributed by atoms with Crippen LogP contribution in [0.25, 0.3) is 0 Å². The molecule has 1 aromatic rings. The van der Waals surface area contributed by atoms with Gasteiger partial charge in [0, 0.05) is 16.4 Å². The molecule has 1 aliphatic carbocycles. The molecule has 20 heavy (non-hydrogen) atoms. The highest BCUT2D eigenvalue weighted by atomic mass is 32.1. The molecule has 0 atom stereocenters. The molecule has 0 spiro atoms. The normalized spacial score (nSPS) is 26.9. The largest absolute Gasteiger partial charge is 0.396 e. The fourth-order valence-corrected chi connectivity index (χ4v) is 4.67. The Morgan fingerprint density at radius 2 is 1.90 bits per heavy atom. The topological polar surface area (TPSA) is 20.2 Å². The zero-order chi connectivity index (χ0) is 14.4. The van der Waals surface area contributed by atoms with E-state index in [9.17, 15) is 5.11 Å². The minimum atomic E-state index is 0.179. The van der Waals surface area contributed by atoms with Crippen LogP contribution in [-0.4, -0.2) is 11.7 Å². The molecule has 0 amide bonds. The van der Waals surface area contributed by atoms with E-state index in [4.69, 9.17) is 0 Å². The zero-order valence-electron chi connectivity index (χ0n) is 13.2. The molecule has 2 rings (SSSR count). The van der Waals surface area contributed by atoms with Crippen molar-refractivity contribution in [1.29, 1.82) is 0 Å². The molecule has 0 saturated heterocycles. The number of thiophene rings is 1. The number of aliphatic hydroxyl groups is 1. The summed E-state index contributed by atoms with van der Waals surface area (Å²) in [4.78, 5) is 2.95. The summed E-state index contributed by atoms with van der Waals surface area (Å²) >= 11 is 1.94. The van der Waals surface area contributed by atoms with Gasteiger partial charge in [0.2, 0.25) is 0 Å². The molecule has 0 bridgehead atoms. The van der Waals surface area contributed by atoms with E-state index in [1.54, 1.807) is 0 Å². The number of hydrogen-bond acceptors (Lipinski definition) is 2. The number of aryl methyl sites for hydroxylation is 1. The number of rotatable bonds is 7. The first-order chi connectivity index (χ1) is 9.71. The molecule has 1 saturated carbocycles. The molecule has 0 unspecified atom stereocenters. The Bertz CT molecular complexity index is 388. The highest BCUT2D eigenvalue weighted by Gasteiger charge is 2.35. The lowest BCUT2D eigenvalue weighted by molar-refractivity contribution is 0.0628. The average Bonchev–Trinajstić information content (AvgIpc) is 2.94. The summed E-state index contributed by atoms with van der Waals surface area (Å²) in [7, 11) is 0. The second-order valence-electron chi connectivity index (χ2n) is 6.64. The maximum atomic E-state index is 9.93. The molecule has 0 radical (unpaired) electrons. The van der Waals surface area contributed by atoms with Crippen LogP contribution in [0.5, 0.6) is 0 Å². The van der Waals surface area contributed by atoms with Crippen LogP contribution in [0.2, 0.25) is 0 Å². The van der Waals surface area contributed by atoms with Gasteiger partial charge in [-0.2, -0.15) is 0 Å². The SMILES string of the molecule is CCCCC1CCC(CO)(Cc2ccc(CC)s2)CC1. The van der Waals surface area contributed by atoms with Crippen LogP contribution in [0.15, 0.2) is 12.1 Å². The van der Waals surface area contributed by atoms with Crippen LogP contribution in [0.1, 0.15) is 68.5 Å². The molecule has 114 valence electrons. The van der Waals surface area contributed by atoms with Gasteiger partial charge in [0.1, 0.15) is 0 Å². The maximum Gasteiger partial charge on any atom is 0.0490 e. The predicted molar refractivity (Wildman–Crippen MR) is 88.4 cm³/mol. The van der Waals surface area contributed by atoms with E-state index in [-0.39, 0.29) is 5.41 Å². The minimum Gasteiger partial charge on any atom is -0.396 e. The molecular formula is C18H30OS. The molecule has 1 N–H and O–H groups in total. The monoisotopic (exact) mass is 294 g/mol. The molecule has 2 heteroatoms. The number of unbranched alkanes of at least 4 members (excludes halogenated alkanes) is 1. The number of hydrogen-bond donors (Lipinski definition) is 1. The first-order valence-corrected chi connectivity index (χ1v) is 9.21. The van der Waals surface area contributed by atoms with E-state index < -0.39 is 0 Å². The molecule has 1 aliphatic rings. The van der Waals surface area contributed by atoms with E-state index in [0.717, 1.165) is 18.8 Å². The van der Waals surface area contributed by atoms with Crippen LogP contribution < -0.4 is 0 Å². The van der Waals surface area contributed by atoms with Gasteiger partial charge in [0.25, 0.3) is 0 Å². The third-order valence-corrected chi connectivity index (χ3v) is 6.31. The lowest BCUT2D eigenvalue weighted by Gasteiger charge is -2.39. The summed E-state index contributed by atoms with van der Waals surface area (Å²) in [6, 6.07) is 4.54. The quantitative estimate of drug-likeness (QED) is 0.731. The molecular weight excluding hydrogens is 264 g/mol. The van der Waals surface area contributed by atoms with Gasteiger partial charge < -0.3 is 5.11 Å². The van der Waals surface area contributed by atoms with Crippen molar-refractivity contribution in [3.05, 3.63) is 21.9 Å². The molecule has 1 fully saturated rings. The van der Waals surface area contributed by atoms with E-state index in [1.807, 2.05) is 11.3 Å². The third kappa shape index (κ3) is 4.08. The Labute approximate surface area is 128 Å². The fourth-order valence-electron chi connectivity index (χ4n) is 3.54. The van der Waals surface area contributed by atoms with Crippen LogP contribution >= 0.6 is 11.3 Å². The van der Waals surface area contributed by atoms with Gasteiger partial charge in [-0.05, 0) is 62.0 Å². The van der Waals surface area contributed by atoms with E-state index >= 15 is 0 Å². The van der Waals surface area contributed by atoms with E-state index in [0.29, 0.717) is 6.61 Å². The predicted octanol–water partition coefficient (Wildman–Crippen LogP) is 5.21. The summed E-state index contributed by atoms with van der Waals surface area (Å²) in [5.74, 6) is 0.921. The first kappa shape index (κ1) is 16.0. The maximum absolute atomic E-state index is 9.93. The zero-order valence-corrected chi connectivity index (χ0v) is 14.0. The highest BCUT2D eigenvalue weighted by molar-refractivity contribution is 7.11. The lowest BCUT2D eigenvalue weighted by atomic mass is 9.68. The van der Waals surface area contributed by atoms with Crippen molar-refractivity contribution in [1.82, 2.24) is 0 Å². The van der Waals surface area contributed by atoms with Gasteiger partial charge in [0.15, 0.2) is 0 Å². The van der Waals surface area contributed by atoms with Crippen molar-refractivity contribution in [2.75, 3.05) is 6.61 Å². The summed E-state index contributed by atoms with van der Waals surface area (Å²) in [6.45, 7) is 4.87. The van der Waals surface area contributed by atoms with E-state index in [1.165, 1.54) is 54.7 Å². The second-order valence-corrected chi connectivity index (χ2v) is 7.89. The van der Waals surface area contributed by atoms with Gasteiger partial charge in [-0.1, -0.05) is 33.1 Å². The standard InChI is InChI=1S/C18H30OS/c1-3-5-6-15-9-11-18(14-19,12-10-15)13-17-8-7-16(4-2)20-17/h7-8,15,19H,3-6,9-14H2,1-2H3. The van der Waals surface area contributed by atoms with Gasteiger partial charge >= 0.3 is 0 Å². The van der Waals surface area contributed by atoms with Crippen molar-refractivity contribution >= 4 is 11.3 Å². The van der Waals surface area contributed by atoms with Crippen molar-refractivity contribution in [2.45, 2.75) is 71.6 Å². The molecule has 1 heterocycles. The van der Waals surface area contributed by atoms with Crippen molar-refractivity contribution in [3.8, 4) is 0 Å². The summed E-state index contributed by atoms with van der Waals surface area (Å²) in [5.41, 5.74) is 0.179. The van der Waals surface area contributed by atoms with Crippen LogP contribution in [-0.2, 0) is 12.8 Å². The van der Waals surface area contributed by atoms with Crippen molar-refractivity contribution in [3.63, 3.8) is 0 Å². The average molecular weight is 295 g/mol. The van der Waals surface area contributed by atoms with Crippen LogP contribution in [0.3, 0.4) is 0 Å². The Kier molecular flexibility index (Phi) is 6.10. The lowest BCUT2D eigenvalue weighted by Crippen LogP contribution is -2.33. The molecule has 1 aromatic heterocycles.